The van der Waals surface area contributed by atoms with Gasteiger partial charge in [-0.2, -0.15) is 13.8 Å². The number of esters is 1. The lowest BCUT2D eigenvalue weighted by Gasteiger charge is -2.06. The fourth-order valence-corrected chi connectivity index (χ4v) is 1.09. The lowest BCUT2D eigenvalue weighted by atomic mass is 10.4. The van der Waals surface area contributed by atoms with Gasteiger partial charge in [-0.05, 0) is 0 Å². The first kappa shape index (κ1) is 14.3. The zero-order chi connectivity index (χ0) is 13.4. The monoisotopic (exact) mass is 261 g/mol. The number of methoxy groups -OCH3 is 1. The number of hydrogen-bond donors (Lipinski definition) is 0. The van der Waals surface area contributed by atoms with Crippen LogP contribution < -0.4 is 4.74 Å². The molecule has 1 aromatic rings. The van der Waals surface area contributed by atoms with Crippen LogP contribution in [0.5, 0.6) is 5.75 Å². The van der Waals surface area contributed by atoms with Crippen LogP contribution in [0.15, 0.2) is 12.1 Å². The molecule has 1 aromatic heterocycles. The molecule has 0 fully saturated rings. The molecule has 1 heterocycles. The number of nitrogens with zero attached hydrogens (tertiary/aromatic N) is 1. The molecule has 100 valence electrons. The molecule has 1 rings (SSSR count). The zero-order valence-corrected chi connectivity index (χ0v) is 9.82. The Balaban J connectivity index is 2.16. The van der Waals surface area contributed by atoms with E-state index < -0.39 is 17.9 Å². The zero-order valence-electron chi connectivity index (χ0n) is 9.82. The molecule has 0 saturated carbocycles. The van der Waals surface area contributed by atoms with Gasteiger partial charge >= 0.3 is 5.97 Å². The third-order valence-corrected chi connectivity index (χ3v) is 1.89. The molecule has 0 N–H and O–H groups in total. The largest absolute Gasteiger partial charge is 0.493 e. The highest BCUT2D eigenvalue weighted by Crippen LogP contribution is 2.12. The predicted octanol–water partition coefficient (Wildman–Crippen LogP) is 1.32. The van der Waals surface area contributed by atoms with Crippen LogP contribution in [-0.2, 0) is 14.3 Å². The van der Waals surface area contributed by atoms with Crippen molar-refractivity contribution in [2.24, 2.45) is 0 Å². The van der Waals surface area contributed by atoms with Gasteiger partial charge in [0.15, 0.2) is 0 Å². The SMILES string of the molecule is COC(=O)COCCCOc1cc(F)nc(F)c1. The predicted molar refractivity (Wildman–Crippen MR) is 57.1 cm³/mol. The van der Waals surface area contributed by atoms with Crippen molar-refractivity contribution in [3.63, 3.8) is 0 Å². The third-order valence-electron chi connectivity index (χ3n) is 1.89. The standard InChI is InChI=1S/C11H13F2NO4/c1-16-11(15)7-17-3-2-4-18-8-5-9(12)14-10(13)6-8/h5-6H,2-4,7H2,1H3. The Morgan fingerprint density at radius 2 is 1.94 bits per heavy atom. The lowest BCUT2D eigenvalue weighted by Crippen LogP contribution is -2.12. The van der Waals surface area contributed by atoms with Gasteiger partial charge in [0.1, 0.15) is 12.4 Å². The number of carbonyl (C=O) groups is 1. The molecule has 0 bridgehead atoms. The van der Waals surface area contributed by atoms with Crippen molar-refractivity contribution in [1.82, 2.24) is 4.98 Å². The summed E-state index contributed by atoms with van der Waals surface area (Å²) >= 11 is 0. The second-order valence-corrected chi connectivity index (χ2v) is 3.28. The topological polar surface area (TPSA) is 57.7 Å². The Morgan fingerprint density at radius 1 is 1.28 bits per heavy atom. The van der Waals surface area contributed by atoms with Crippen LogP contribution in [0.2, 0.25) is 0 Å². The number of carbonyl (C=O) groups excluding carboxylic acids is 1. The van der Waals surface area contributed by atoms with E-state index in [1.807, 2.05) is 0 Å². The molecule has 5 nitrogen and oxygen atoms in total. The third kappa shape index (κ3) is 5.53. The van der Waals surface area contributed by atoms with E-state index in [1.54, 1.807) is 0 Å². The molecule has 0 aliphatic rings. The van der Waals surface area contributed by atoms with E-state index >= 15 is 0 Å². The molecule has 18 heavy (non-hydrogen) atoms. The summed E-state index contributed by atoms with van der Waals surface area (Å²) in [6, 6.07) is 1.97. The minimum Gasteiger partial charge on any atom is -0.493 e. The first-order valence-corrected chi connectivity index (χ1v) is 5.22. The summed E-state index contributed by atoms with van der Waals surface area (Å²) in [5, 5.41) is 0. The maximum atomic E-state index is 12.7. The Morgan fingerprint density at radius 3 is 2.56 bits per heavy atom. The van der Waals surface area contributed by atoms with Gasteiger partial charge in [-0.1, -0.05) is 0 Å². The van der Waals surface area contributed by atoms with Crippen LogP contribution in [-0.4, -0.2) is 37.9 Å². The van der Waals surface area contributed by atoms with Crippen LogP contribution in [0.3, 0.4) is 0 Å². The van der Waals surface area contributed by atoms with Gasteiger partial charge in [0.25, 0.3) is 0 Å². The normalized spacial score (nSPS) is 10.2. The average Bonchev–Trinajstić information content (AvgIpc) is 2.32. The van der Waals surface area contributed by atoms with Crippen molar-refractivity contribution < 1.29 is 27.8 Å². The molecule has 0 aromatic carbocycles. The highest BCUT2D eigenvalue weighted by atomic mass is 19.1. The van der Waals surface area contributed by atoms with E-state index in [2.05, 4.69) is 9.72 Å². The molecule has 7 heteroatoms. The van der Waals surface area contributed by atoms with Crippen molar-refractivity contribution in [1.29, 1.82) is 0 Å². The summed E-state index contributed by atoms with van der Waals surface area (Å²) in [5.41, 5.74) is 0. The van der Waals surface area contributed by atoms with Crippen LogP contribution in [0, 0.1) is 11.9 Å². The number of rotatable bonds is 7. The lowest BCUT2D eigenvalue weighted by molar-refractivity contribution is -0.145. The second kappa shape index (κ2) is 7.54. The van der Waals surface area contributed by atoms with Gasteiger partial charge in [-0.3, -0.25) is 0 Å². The maximum absolute atomic E-state index is 12.7. The fraction of sp³-hybridized carbons (Fsp3) is 0.455. The van der Waals surface area contributed by atoms with Gasteiger partial charge in [-0.25, -0.2) is 4.79 Å². The van der Waals surface area contributed by atoms with Gasteiger partial charge in [0, 0.05) is 18.6 Å². The second-order valence-electron chi connectivity index (χ2n) is 3.28. The van der Waals surface area contributed by atoms with Crippen molar-refractivity contribution in [3.8, 4) is 5.75 Å². The molecular weight excluding hydrogens is 248 g/mol. The quantitative estimate of drug-likeness (QED) is 0.421. The van der Waals surface area contributed by atoms with Gasteiger partial charge < -0.3 is 14.2 Å². The molecule has 0 aliphatic carbocycles. The number of ether oxygens (including phenoxy) is 3. The molecular formula is C11H13F2NO4. The summed E-state index contributed by atoms with van der Waals surface area (Å²) in [7, 11) is 1.27. The maximum Gasteiger partial charge on any atom is 0.331 e. The minimum atomic E-state index is -0.938. The van der Waals surface area contributed by atoms with E-state index in [1.165, 1.54) is 7.11 Å². The van der Waals surface area contributed by atoms with E-state index in [0.717, 1.165) is 12.1 Å². The minimum absolute atomic E-state index is 0.0629. The van der Waals surface area contributed by atoms with E-state index in [0.29, 0.717) is 6.42 Å². The summed E-state index contributed by atoms with van der Waals surface area (Å²) in [6.45, 7) is 0.365. The van der Waals surface area contributed by atoms with Gasteiger partial charge in [-0.15, -0.1) is 0 Å². The summed E-state index contributed by atoms with van der Waals surface area (Å²) in [6.07, 6.45) is 0.475. The fourth-order valence-electron chi connectivity index (χ4n) is 1.09. The van der Waals surface area contributed by atoms with Crippen LogP contribution in [0.25, 0.3) is 0 Å². The van der Waals surface area contributed by atoms with E-state index in [-0.39, 0.29) is 25.6 Å². The summed E-state index contributed by atoms with van der Waals surface area (Å²) in [5.74, 6) is -2.28. The van der Waals surface area contributed by atoms with Crippen molar-refractivity contribution >= 4 is 5.97 Å². The van der Waals surface area contributed by atoms with Gasteiger partial charge in [0.2, 0.25) is 11.9 Å². The summed E-state index contributed by atoms with van der Waals surface area (Å²) < 4.78 is 39.8. The Hall–Kier alpha value is -1.76. The highest BCUT2D eigenvalue weighted by Gasteiger charge is 2.03. The number of pyridine rings is 1. The number of hydrogen-bond acceptors (Lipinski definition) is 5. The molecule has 0 spiro atoms. The van der Waals surface area contributed by atoms with Crippen LogP contribution in [0.1, 0.15) is 6.42 Å². The summed E-state index contributed by atoms with van der Waals surface area (Å²) in [4.78, 5) is 13.6. The Bertz CT molecular complexity index is 380. The van der Waals surface area contributed by atoms with Crippen LogP contribution >= 0.6 is 0 Å². The molecule has 0 aliphatic heterocycles. The highest BCUT2D eigenvalue weighted by molar-refractivity contribution is 5.70. The smallest absolute Gasteiger partial charge is 0.331 e. The number of aromatic nitrogens is 1. The first-order valence-electron chi connectivity index (χ1n) is 5.22. The van der Waals surface area contributed by atoms with E-state index in [9.17, 15) is 13.6 Å². The van der Waals surface area contributed by atoms with Crippen molar-refractivity contribution in [3.05, 3.63) is 24.0 Å². The van der Waals surface area contributed by atoms with Crippen molar-refractivity contribution in [2.45, 2.75) is 6.42 Å². The Kier molecular flexibility index (Phi) is 5.99. The Labute approximate surface area is 103 Å². The molecule has 0 radical (unpaired) electrons. The van der Waals surface area contributed by atoms with Crippen LogP contribution in [0.4, 0.5) is 8.78 Å². The van der Waals surface area contributed by atoms with Crippen molar-refractivity contribution in [2.75, 3.05) is 26.9 Å². The molecule has 0 saturated heterocycles. The molecule has 0 unspecified atom stereocenters. The number of halogens is 2. The van der Waals surface area contributed by atoms with Gasteiger partial charge in [0.05, 0.1) is 20.3 Å². The first-order chi connectivity index (χ1) is 8.61. The average molecular weight is 261 g/mol. The molecule has 0 amide bonds. The van der Waals surface area contributed by atoms with E-state index in [4.69, 9.17) is 9.47 Å². The molecule has 0 atom stereocenters.